The maximum Gasteiger partial charge on any atom is 0.307 e. The Morgan fingerprint density at radius 1 is 1.12 bits per heavy atom. The minimum atomic E-state index is -0.927. The Balaban J connectivity index is 1.57. The largest absolute Gasteiger partial charge is 0.481 e. The lowest BCUT2D eigenvalue weighted by atomic mass is 9.82. The Labute approximate surface area is 146 Å². The molecule has 2 aliphatic rings. The summed E-state index contributed by atoms with van der Waals surface area (Å²) in [5, 5.41) is 12.1. The Bertz CT molecular complexity index is 696. The highest BCUT2D eigenvalue weighted by Gasteiger charge is 2.33. The van der Waals surface area contributed by atoms with Crippen LogP contribution in [0.5, 0.6) is 0 Å². The van der Waals surface area contributed by atoms with E-state index in [0.717, 1.165) is 24.2 Å². The Hall–Kier alpha value is -2.63. The molecule has 0 aromatic heterocycles. The molecular formula is C19H22N2O4. The molecule has 1 saturated heterocycles. The molecule has 1 heterocycles. The van der Waals surface area contributed by atoms with Gasteiger partial charge in [-0.1, -0.05) is 24.3 Å². The third-order valence-corrected chi connectivity index (χ3v) is 4.87. The number of nitrogens with one attached hydrogen (secondary N) is 1. The zero-order chi connectivity index (χ0) is 17.8. The Morgan fingerprint density at radius 2 is 1.80 bits per heavy atom. The van der Waals surface area contributed by atoms with Crippen molar-refractivity contribution < 1.29 is 19.5 Å². The van der Waals surface area contributed by atoms with Crippen molar-refractivity contribution in [1.29, 1.82) is 0 Å². The van der Waals surface area contributed by atoms with Crippen LogP contribution in [0.15, 0.2) is 36.4 Å². The molecule has 2 amide bonds. The van der Waals surface area contributed by atoms with Crippen LogP contribution in [0.2, 0.25) is 0 Å². The van der Waals surface area contributed by atoms with Crippen LogP contribution >= 0.6 is 0 Å². The predicted molar refractivity (Wildman–Crippen MR) is 92.9 cm³/mol. The van der Waals surface area contributed by atoms with Crippen molar-refractivity contribution in [1.82, 2.24) is 5.32 Å². The summed E-state index contributed by atoms with van der Waals surface area (Å²) in [6.07, 6.45) is 6.02. The number of carbonyl (C=O) groups is 3. The monoisotopic (exact) mass is 342 g/mol. The van der Waals surface area contributed by atoms with Crippen molar-refractivity contribution >= 4 is 23.5 Å². The molecule has 1 aromatic carbocycles. The average Bonchev–Trinajstić information content (AvgIpc) is 3.06. The van der Waals surface area contributed by atoms with Crippen molar-refractivity contribution in [2.24, 2.45) is 11.8 Å². The second-order valence-electron chi connectivity index (χ2n) is 6.53. The predicted octanol–water partition coefficient (Wildman–Crippen LogP) is 2.10. The third-order valence-electron chi connectivity index (χ3n) is 4.87. The molecule has 25 heavy (non-hydrogen) atoms. The van der Waals surface area contributed by atoms with Crippen molar-refractivity contribution in [3.63, 3.8) is 0 Å². The zero-order valence-corrected chi connectivity index (χ0v) is 14.0. The van der Waals surface area contributed by atoms with Crippen LogP contribution in [0, 0.1) is 11.8 Å². The van der Waals surface area contributed by atoms with E-state index < -0.39 is 17.8 Å². The highest BCUT2D eigenvalue weighted by Crippen LogP contribution is 2.26. The summed E-state index contributed by atoms with van der Waals surface area (Å²) in [5.74, 6) is -2.19. The van der Waals surface area contributed by atoms with Gasteiger partial charge in [-0.05, 0) is 37.0 Å². The van der Waals surface area contributed by atoms with E-state index in [9.17, 15) is 19.5 Å². The quantitative estimate of drug-likeness (QED) is 0.802. The first-order valence-corrected chi connectivity index (χ1v) is 8.61. The molecule has 3 rings (SSSR count). The molecule has 2 N–H and O–H groups in total. The van der Waals surface area contributed by atoms with Gasteiger partial charge in [0, 0.05) is 25.2 Å². The van der Waals surface area contributed by atoms with E-state index in [0.29, 0.717) is 25.8 Å². The van der Waals surface area contributed by atoms with Crippen molar-refractivity contribution in [3.05, 3.63) is 42.0 Å². The molecule has 1 aromatic rings. The van der Waals surface area contributed by atoms with Crippen molar-refractivity contribution in [2.75, 3.05) is 11.4 Å². The molecular weight excluding hydrogens is 320 g/mol. The number of benzene rings is 1. The van der Waals surface area contributed by atoms with Gasteiger partial charge in [0.1, 0.15) is 0 Å². The molecule has 0 radical (unpaired) electrons. The van der Waals surface area contributed by atoms with Gasteiger partial charge in [-0.15, -0.1) is 0 Å². The topological polar surface area (TPSA) is 86.7 Å². The lowest BCUT2D eigenvalue weighted by molar-refractivity contribution is -0.147. The standard InChI is InChI=1S/C19H22N2O4/c22-17-6-3-11-21(17)14-9-7-13(8-10-14)12-20-18(23)15-4-1-2-5-16(15)19(24)25/h1-2,7-10,15-16H,3-6,11-12H2,(H,20,23)(H,24,25)/t15-,16+/m1/s1. The second-order valence-corrected chi connectivity index (χ2v) is 6.53. The molecule has 132 valence electrons. The van der Waals surface area contributed by atoms with Crippen LogP contribution in [0.25, 0.3) is 0 Å². The summed E-state index contributed by atoms with van der Waals surface area (Å²) < 4.78 is 0. The zero-order valence-electron chi connectivity index (χ0n) is 14.0. The first-order valence-electron chi connectivity index (χ1n) is 8.61. The number of anilines is 1. The number of hydrogen-bond acceptors (Lipinski definition) is 3. The van der Waals surface area contributed by atoms with Crippen LogP contribution in [0.4, 0.5) is 5.69 Å². The van der Waals surface area contributed by atoms with E-state index in [-0.39, 0.29) is 11.8 Å². The van der Waals surface area contributed by atoms with Crippen LogP contribution in [0.1, 0.15) is 31.2 Å². The van der Waals surface area contributed by atoms with Crippen LogP contribution < -0.4 is 10.2 Å². The van der Waals surface area contributed by atoms with Gasteiger partial charge in [-0.2, -0.15) is 0 Å². The molecule has 6 nitrogen and oxygen atoms in total. The van der Waals surface area contributed by atoms with E-state index >= 15 is 0 Å². The van der Waals surface area contributed by atoms with Gasteiger partial charge in [0.15, 0.2) is 0 Å². The summed E-state index contributed by atoms with van der Waals surface area (Å²) in [6, 6.07) is 7.54. The van der Waals surface area contributed by atoms with Gasteiger partial charge < -0.3 is 15.3 Å². The number of amides is 2. The number of aliphatic carboxylic acids is 1. The van der Waals surface area contributed by atoms with E-state index in [1.807, 2.05) is 36.4 Å². The molecule has 1 aliphatic carbocycles. The summed E-state index contributed by atoms with van der Waals surface area (Å²) in [5.41, 5.74) is 1.79. The number of carbonyl (C=O) groups excluding carboxylic acids is 2. The van der Waals surface area contributed by atoms with E-state index in [1.165, 1.54) is 0 Å². The van der Waals surface area contributed by atoms with Crippen molar-refractivity contribution in [3.8, 4) is 0 Å². The lowest BCUT2D eigenvalue weighted by Crippen LogP contribution is -2.38. The molecule has 0 spiro atoms. The number of carboxylic acid groups (broad SMARTS) is 1. The van der Waals surface area contributed by atoms with Gasteiger partial charge in [-0.25, -0.2) is 0 Å². The SMILES string of the molecule is O=C(O)[C@H]1CC=CC[C@H]1C(=O)NCc1ccc(N2CCCC2=O)cc1. The van der Waals surface area contributed by atoms with Crippen molar-refractivity contribution in [2.45, 2.75) is 32.2 Å². The second kappa shape index (κ2) is 7.51. The number of rotatable bonds is 5. The lowest BCUT2D eigenvalue weighted by Gasteiger charge is -2.24. The maximum absolute atomic E-state index is 12.3. The summed E-state index contributed by atoms with van der Waals surface area (Å²) >= 11 is 0. The smallest absolute Gasteiger partial charge is 0.307 e. The van der Waals surface area contributed by atoms with Gasteiger partial charge >= 0.3 is 5.97 Å². The number of nitrogens with zero attached hydrogens (tertiary/aromatic N) is 1. The van der Waals surface area contributed by atoms with Gasteiger partial charge in [0.25, 0.3) is 0 Å². The fraction of sp³-hybridized carbons (Fsp3) is 0.421. The summed E-state index contributed by atoms with van der Waals surface area (Å²) in [4.78, 5) is 37.2. The highest BCUT2D eigenvalue weighted by molar-refractivity contribution is 5.95. The average molecular weight is 342 g/mol. The van der Waals surface area contributed by atoms with Crippen LogP contribution in [-0.4, -0.2) is 29.4 Å². The number of hydrogen-bond donors (Lipinski definition) is 2. The number of allylic oxidation sites excluding steroid dienone is 2. The molecule has 2 atom stereocenters. The fourth-order valence-electron chi connectivity index (χ4n) is 3.41. The third kappa shape index (κ3) is 3.90. The van der Waals surface area contributed by atoms with Crippen LogP contribution in [0.3, 0.4) is 0 Å². The Kier molecular flexibility index (Phi) is 5.16. The first kappa shape index (κ1) is 17.2. The normalized spacial score (nSPS) is 22.9. The molecule has 1 fully saturated rings. The van der Waals surface area contributed by atoms with Gasteiger partial charge in [-0.3, -0.25) is 14.4 Å². The molecule has 0 bridgehead atoms. The molecule has 0 unspecified atom stereocenters. The molecule has 0 saturated carbocycles. The van der Waals surface area contributed by atoms with E-state index in [2.05, 4.69) is 5.32 Å². The molecule has 6 heteroatoms. The maximum atomic E-state index is 12.3. The van der Waals surface area contributed by atoms with Crippen LogP contribution in [-0.2, 0) is 20.9 Å². The number of carboxylic acids is 1. The van der Waals surface area contributed by atoms with Gasteiger partial charge in [0.2, 0.25) is 11.8 Å². The first-order chi connectivity index (χ1) is 12.1. The fourth-order valence-corrected chi connectivity index (χ4v) is 3.41. The minimum absolute atomic E-state index is 0.145. The van der Waals surface area contributed by atoms with E-state index in [1.54, 1.807) is 4.90 Å². The van der Waals surface area contributed by atoms with Gasteiger partial charge in [0.05, 0.1) is 11.8 Å². The minimum Gasteiger partial charge on any atom is -0.481 e. The highest BCUT2D eigenvalue weighted by atomic mass is 16.4. The summed E-state index contributed by atoms with van der Waals surface area (Å²) in [7, 11) is 0. The Morgan fingerprint density at radius 3 is 2.40 bits per heavy atom. The summed E-state index contributed by atoms with van der Waals surface area (Å²) in [6.45, 7) is 1.10. The van der Waals surface area contributed by atoms with E-state index in [4.69, 9.17) is 0 Å². The molecule has 1 aliphatic heterocycles.